The molecule has 2 aliphatic rings. The van der Waals surface area contributed by atoms with Crippen molar-refractivity contribution in [1.29, 1.82) is 0 Å². The van der Waals surface area contributed by atoms with E-state index in [-0.39, 0.29) is 18.7 Å². The summed E-state index contributed by atoms with van der Waals surface area (Å²) in [6.07, 6.45) is 37.2. The van der Waals surface area contributed by atoms with Crippen LogP contribution in [0, 0.1) is 0 Å². The molecule has 2 fully saturated rings. The molecule has 0 aromatic heterocycles. The fourth-order valence-corrected chi connectivity index (χ4v) is 5.60. The Balaban J connectivity index is 1.25. The number of hydrogen-bond donors (Lipinski definition) is 0. The van der Waals surface area contributed by atoms with Gasteiger partial charge in [0.2, 0.25) is 6.79 Å². The molecule has 0 aromatic rings. The van der Waals surface area contributed by atoms with Gasteiger partial charge in [0, 0.05) is 12.8 Å². The Morgan fingerprint density at radius 1 is 0.512 bits per heavy atom. The molecule has 6 heteroatoms. The molecule has 2 saturated heterocycles. The average Bonchev–Trinajstić information content (AvgIpc) is 3.92. The number of carbonyl (C=O) groups excluding carboxylic acids is 2. The number of epoxide rings is 2. The molecule has 2 heterocycles. The molecule has 0 spiro atoms. The quantitative estimate of drug-likeness (QED) is 0.0267. The molecule has 0 radical (unpaired) electrons. The molecule has 2 aliphatic heterocycles. The topological polar surface area (TPSA) is 77.7 Å². The van der Waals surface area contributed by atoms with E-state index in [0.717, 1.165) is 64.2 Å². The molecular formula is C37H64O6. The van der Waals surface area contributed by atoms with E-state index in [1.54, 1.807) is 0 Å². The number of hydrogen-bond acceptors (Lipinski definition) is 6. The Bertz CT molecular complexity index is 700. The van der Waals surface area contributed by atoms with Crippen molar-refractivity contribution in [2.45, 2.75) is 192 Å². The van der Waals surface area contributed by atoms with Gasteiger partial charge in [-0.3, -0.25) is 9.59 Å². The van der Waals surface area contributed by atoms with Crippen LogP contribution in [0.5, 0.6) is 0 Å². The van der Waals surface area contributed by atoms with Crippen LogP contribution in [0.25, 0.3) is 0 Å². The van der Waals surface area contributed by atoms with E-state index in [1.165, 1.54) is 77.0 Å². The Morgan fingerprint density at radius 2 is 0.930 bits per heavy atom. The third kappa shape index (κ3) is 21.6. The molecular weight excluding hydrogens is 540 g/mol. The van der Waals surface area contributed by atoms with Crippen LogP contribution in [0.15, 0.2) is 24.3 Å². The van der Waals surface area contributed by atoms with Gasteiger partial charge in [0.05, 0.1) is 24.4 Å². The molecule has 0 aliphatic carbocycles. The van der Waals surface area contributed by atoms with Crippen LogP contribution in [-0.2, 0) is 28.5 Å². The van der Waals surface area contributed by atoms with Gasteiger partial charge in [-0.05, 0) is 64.2 Å². The minimum Gasteiger partial charge on any atom is -0.428 e. The maximum atomic E-state index is 11.9. The zero-order valence-corrected chi connectivity index (χ0v) is 27.7. The van der Waals surface area contributed by atoms with Crippen LogP contribution in [0.2, 0.25) is 0 Å². The highest BCUT2D eigenvalue weighted by Crippen LogP contribution is 2.31. The van der Waals surface area contributed by atoms with E-state index in [1.807, 2.05) is 0 Å². The highest BCUT2D eigenvalue weighted by atomic mass is 16.7. The number of carbonyl (C=O) groups is 2. The van der Waals surface area contributed by atoms with Crippen LogP contribution in [0.1, 0.15) is 168 Å². The first-order chi connectivity index (χ1) is 21.1. The van der Waals surface area contributed by atoms with E-state index in [2.05, 4.69) is 38.2 Å². The predicted molar refractivity (Wildman–Crippen MR) is 175 cm³/mol. The van der Waals surface area contributed by atoms with Crippen molar-refractivity contribution in [3.63, 3.8) is 0 Å². The number of rotatable bonds is 30. The molecule has 0 saturated carbocycles. The lowest BCUT2D eigenvalue weighted by Crippen LogP contribution is -2.12. The van der Waals surface area contributed by atoms with Gasteiger partial charge in [-0.1, -0.05) is 115 Å². The van der Waals surface area contributed by atoms with Gasteiger partial charge in [-0.15, -0.1) is 0 Å². The summed E-state index contributed by atoms with van der Waals surface area (Å²) in [4.78, 5) is 23.7. The highest BCUT2D eigenvalue weighted by Gasteiger charge is 2.37. The second-order valence-electron chi connectivity index (χ2n) is 12.6. The fraction of sp³-hybridized carbons (Fsp3) is 0.838. The molecule has 4 atom stereocenters. The molecule has 0 N–H and O–H groups in total. The summed E-state index contributed by atoms with van der Waals surface area (Å²) in [5.74, 6) is -0.562. The van der Waals surface area contributed by atoms with Gasteiger partial charge < -0.3 is 18.9 Å². The van der Waals surface area contributed by atoms with Crippen molar-refractivity contribution in [1.82, 2.24) is 0 Å². The lowest BCUT2D eigenvalue weighted by Gasteiger charge is -2.06. The zero-order chi connectivity index (χ0) is 30.8. The smallest absolute Gasteiger partial charge is 0.308 e. The minimum absolute atomic E-state index is 0.257. The van der Waals surface area contributed by atoms with Crippen molar-refractivity contribution < 1.29 is 28.5 Å². The van der Waals surface area contributed by atoms with Crippen LogP contribution in [0.3, 0.4) is 0 Å². The molecule has 43 heavy (non-hydrogen) atoms. The fourth-order valence-electron chi connectivity index (χ4n) is 5.60. The largest absolute Gasteiger partial charge is 0.428 e. The van der Waals surface area contributed by atoms with Gasteiger partial charge in [-0.2, -0.15) is 0 Å². The van der Waals surface area contributed by atoms with E-state index in [0.29, 0.717) is 37.3 Å². The molecule has 6 nitrogen and oxygen atoms in total. The maximum Gasteiger partial charge on any atom is 0.308 e. The van der Waals surface area contributed by atoms with E-state index < -0.39 is 0 Å². The van der Waals surface area contributed by atoms with Crippen molar-refractivity contribution in [2.75, 3.05) is 6.79 Å². The molecule has 4 unspecified atom stereocenters. The molecule has 0 bridgehead atoms. The normalized spacial score (nSPS) is 21.1. The monoisotopic (exact) mass is 604 g/mol. The summed E-state index contributed by atoms with van der Waals surface area (Å²) >= 11 is 0. The van der Waals surface area contributed by atoms with Crippen molar-refractivity contribution >= 4 is 11.9 Å². The number of allylic oxidation sites excluding steroid dienone is 2. The maximum absolute atomic E-state index is 11.9. The summed E-state index contributed by atoms with van der Waals surface area (Å²) in [6.45, 7) is 4.22. The summed E-state index contributed by atoms with van der Waals surface area (Å²) in [6, 6.07) is 0. The van der Waals surface area contributed by atoms with E-state index >= 15 is 0 Å². The first-order valence-corrected chi connectivity index (χ1v) is 18.1. The Hall–Kier alpha value is -1.66. The highest BCUT2D eigenvalue weighted by molar-refractivity contribution is 5.70. The van der Waals surface area contributed by atoms with Crippen LogP contribution in [0.4, 0.5) is 0 Å². The van der Waals surface area contributed by atoms with Crippen LogP contribution >= 0.6 is 0 Å². The number of unbranched alkanes of at least 4 members (excludes halogenated alkanes) is 14. The standard InChI is InChI=1S/C37H64O6/c1-3-5-19-25-32-34(42-32)27-21-15-11-7-9-13-17-23-29-36(38)40-31-41-37(39)30-24-18-14-10-8-12-16-22-28-35-33(43-35)26-20-6-4-2/h15-16,21-22,32-35H,3-14,17-20,23-31H2,1-2H3/b21-15-,22-16-. The second kappa shape index (κ2) is 25.6. The van der Waals surface area contributed by atoms with E-state index in [4.69, 9.17) is 18.9 Å². The minimum atomic E-state index is -0.281. The van der Waals surface area contributed by atoms with Gasteiger partial charge in [-0.25, -0.2) is 0 Å². The van der Waals surface area contributed by atoms with Crippen molar-refractivity contribution in [3.05, 3.63) is 24.3 Å². The third-order valence-corrected chi connectivity index (χ3v) is 8.57. The number of esters is 2. The first-order valence-electron chi connectivity index (χ1n) is 18.1. The lowest BCUT2D eigenvalue weighted by atomic mass is 10.1. The molecule has 0 aromatic carbocycles. The van der Waals surface area contributed by atoms with Gasteiger partial charge >= 0.3 is 11.9 Å². The SMILES string of the molecule is CCCCCC1OC1C/C=C\CCCCCCCC(=O)OCOC(=O)CCCCCCC/C=C\CC1OC1CCCCC. The first kappa shape index (κ1) is 37.5. The van der Waals surface area contributed by atoms with Crippen LogP contribution < -0.4 is 0 Å². The van der Waals surface area contributed by atoms with Crippen molar-refractivity contribution in [3.8, 4) is 0 Å². The second-order valence-corrected chi connectivity index (χ2v) is 12.6. The molecule has 248 valence electrons. The summed E-state index contributed by atoms with van der Waals surface area (Å²) in [7, 11) is 0. The summed E-state index contributed by atoms with van der Waals surface area (Å²) < 4.78 is 21.6. The summed E-state index contributed by atoms with van der Waals surface area (Å²) in [5.41, 5.74) is 0. The Labute approximate surface area is 263 Å². The number of ether oxygens (including phenoxy) is 4. The van der Waals surface area contributed by atoms with Crippen LogP contribution in [-0.4, -0.2) is 43.1 Å². The van der Waals surface area contributed by atoms with E-state index in [9.17, 15) is 9.59 Å². The average molecular weight is 605 g/mol. The zero-order valence-electron chi connectivity index (χ0n) is 27.7. The van der Waals surface area contributed by atoms with Gasteiger partial charge in [0.1, 0.15) is 0 Å². The van der Waals surface area contributed by atoms with Gasteiger partial charge in [0.15, 0.2) is 0 Å². The third-order valence-electron chi connectivity index (χ3n) is 8.57. The Kier molecular flexibility index (Phi) is 22.4. The lowest BCUT2D eigenvalue weighted by molar-refractivity contribution is -0.167. The predicted octanol–water partition coefficient (Wildman–Crippen LogP) is 10.1. The molecule has 2 rings (SSSR count). The van der Waals surface area contributed by atoms with Crippen molar-refractivity contribution in [2.24, 2.45) is 0 Å². The molecule has 0 amide bonds. The Morgan fingerprint density at radius 3 is 1.37 bits per heavy atom. The van der Waals surface area contributed by atoms with Gasteiger partial charge in [0.25, 0.3) is 0 Å². The summed E-state index contributed by atoms with van der Waals surface area (Å²) in [5, 5.41) is 0.